The van der Waals surface area contributed by atoms with Gasteiger partial charge in [-0.05, 0) is 24.3 Å². The number of carbonyl (C=O) groups is 1. The summed E-state index contributed by atoms with van der Waals surface area (Å²) >= 11 is 6.00. The molecular formula is C19H17ClF2N6O3. The molecular weight excluding hydrogens is 434 g/mol. The van der Waals surface area contributed by atoms with Crippen LogP contribution in [0.5, 0.6) is 11.5 Å². The number of amides is 1. The second-order valence-electron chi connectivity index (χ2n) is 6.84. The van der Waals surface area contributed by atoms with Crippen LogP contribution in [0.1, 0.15) is 6.42 Å². The average molecular weight is 451 g/mol. The minimum absolute atomic E-state index is 0.0663. The summed E-state index contributed by atoms with van der Waals surface area (Å²) in [5, 5.41) is 7.63. The fourth-order valence-electron chi connectivity index (χ4n) is 2.89. The van der Waals surface area contributed by atoms with Crippen molar-refractivity contribution in [2.45, 2.75) is 19.3 Å². The van der Waals surface area contributed by atoms with Crippen LogP contribution in [0.4, 0.5) is 20.4 Å². The largest absolute Gasteiger partial charge is 0.586 e. The molecule has 1 N–H and O–H groups in total. The Bertz CT molecular complexity index is 1140. The molecule has 0 atom stereocenters. The summed E-state index contributed by atoms with van der Waals surface area (Å²) in [6, 6.07) is 7.59. The number of anilines is 2. The topological polar surface area (TPSA) is 94.4 Å². The fraction of sp³-hybridized carbons (Fsp3) is 0.263. The molecule has 0 saturated carbocycles. The highest BCUT2D eigenvalue weighted by molar-refractivity contribution is 6.29. The Kier molecular flexibility index (Phi) is 5.36. The van der Waals surface area contributed by atoms with Gasteiger partial charge < -0.3 is 19.7 Å². The fourth-order valence-corrected chi connectivity index (χ4v) is 3.06. The molecule has 12 heteroatoms. The van der Waals surface area contributed by atoms with E-state index in [9.17, 15) is 13.6 Å². The van der Waals surface area contributed by atoms with Gasteiger partial charge in [-0.25, -0.2) is 9.67 Å². The maximum absolute atomic E-state index is 13.2. The van der Waals surface area contributed by atoms with Gasteiger partial charge in [0.1, 0.15) is 5.15 Å². The molecule has 1 aromatic carbocycles. The minimum atomic E-state index is -3.70. The van der Waals surface area contributed by atoms with E-state index in [1.807, 2.05) is 0 Å². The standard InChI is InChI=1S/C19H17ClF2N6O3/c1-27(2)16(29)6-8-28-17(11-5-7-23-15(20)9-11)25-18(26-28)24-12-3-4-13-14(10-12)31-19(21,22)30-13/h3-5,7,9-10H,6,8H2,1-2H3,(H,24,26). The molecule has 0 aliphatic carbocycles. The van der Waals surface area contributed by atoms with Crippen LogP contribution in [-0.2, 0) is 11.3 Å². The summed E-state index contributed by atoms with van der Waals surface area (Å²) in [6.45, 7) is 0.272. The van der Waals surface area contributed by atoms with E-state index in [-0.39, 0.29) is 41.5 Å². The lowest BCUT2D eigenvalue weighted by Gasteiger charge is -2.10. The van der Waals surface area contributed by atoms with Crippen LogP contribution in [-0.4, -0.2) is 50.9 Å². The van der Waals surface area contributed by atoms with E-state index in [1.165, 1.54) is 29.3 Å². The highest BCUT2D eigenvalue weighted by atomic mass is 35.5. The van der Waals surface area contributed by atoms with Crippen LogP contribution in [0.3, 0.4) is 0 Å². The summed E-state index contributed by atoms with van der Waals surface area (Å²) in [4.78, 5) is 21.9. The third kappa shape index (κ3) is 4.66. The molecule has 2 aromatic heterocycles. The third-order valence-electron chi connectivity index (χ3n) is 4.35. The van der Waals surface area contributed by atoms with Crippen molar-refractivity contribution in [3.8, 4) is 22.9 Å². The maximum atomic E-state index is 13.2. The number of hydrogen-bond donors (Lipinski definition) is 1. The molecule has 162 valence electrons. The predicted molar refractivity (Wildman–Crippen MR) is 108 cm³/mol. The average Bonchev–Trinajstić information content (AvgIpc) is 3.24. The van der Waals surface area contributed by atoms with Crippen molar-refractivity contribution in [2.24, 2.45) is 0 Å². The Morgan fingerprint density at radius 2 is 2.00 bits per heavy atom. The van der Waals surface area contributed by atoms with Gasteiger partial charge in [-0.3, -0.25) is 4.79 Å². The number of halogens is 3. The number of nitrogens with zero attached hydrogens (tertiary/aromatic N) is 5. The van der Waals surface area contributed by atoms with E-state index in [0.29, 0.717) is 17.1 Å². The van der Waals surface area contributed by atoms with Crippen molar-refractivity contribution in [1.29, 1.82) is 0 Å². The highest BCUT2D eigenvalue weighted by Gasteiger charge is 2.43. The third-order valence-corrected chi connectivity index (χ3v) is 4.56. The first-order valence-electron chi connectivity index (χ1n) is 9.14. The smallest absolute Gasteiger partial charge is 0.395 e. The molecule has 9 nitrogen and oxygen atoms in total. The number of rotatable bonds is 6. The molecule has 1 aliphatic heterocycles. The number of aryl methyl sites for hydroxylation is 1. The van der Waals surface area contributed by atoms with Crippen molar-refractivity contribution in [2.75, 3.05) is 19.4 Å². The second-order valence-corrected chi connectivity index (χ2v) is 7.23. The van der Waals surface area contributed by atoms with Gasteiger partial charge in [-0.1, -0.05) is 11.6 Å². The molecule has 3 heterocycles. The molecule has 0 spiro atoms. The first-order chi connectivity index (χ1) is 14.7. The van der Waals surface area contributed by atoms with Crippen molar-refractivity contribution in [1.82, 2.24) is 24.6 Å². The predicted octanol–water partition coefficient (Wildman–Crippen LogP) is 3.54. The number of pyridine rings is 1. The van der Waals surface area contributed by atoms with Gasteiger partial charge in [0.05, 0.1) is 6.54 Å². The molecule has 0 saturated heterocycles. The number of hydrogen-bond acceptors (Lipinski definition) is 7. The zero-order chi connectivity index (χ0) is 22.2. The number of aromatic nitrogens is 4. The molecule has 0 fully saturated rings. The van der Waals surface area contributed by atoms with Crippen molar-refractivity contribution >= 4 is 29.1 Å². The van der Waals surface area contributed by atoms with Gasteiger partial charge in [0.15, 0.2) is 17.3 Å². The van der Waals surface area contributed by atoms with Crippen LogP contribution < -0.4 is 14.8 Å². The molecule has 0 radical (unpaired) electrons. The van der Waals surface area contributed by atoms with E-state index in [0.717, 1.165) is 0 Å². The van der Waals surface area contributed by atoms with E-state index in [1.54, 1.807) is 30.9 Å². The molecule has 3 aromatic rings. The number of alkyl halides is 2. The van der Waals surface area contributed by atoms with Crippen LogP contribution in [0.2, 0.25) is 5.15 Å². The number of carbonyl (C=O) groups excluding carboxylic acids is 1. The van der Waals surface area contributed by atoms with Crippen LogP contribution in [0.25, 0.3) is 11.4 Å². The summed E-state index contributed by atoms with van der Waals surface area (Å²) in [5.41, 5.74) is 1.07. The van der Waals surface area contributed by atoms with E-state index < -0.39 is 6.29 Å². The summed E-state index contributed by atoms with van der Waals surface area (Å²) in [7, 11) is 3.34. The number of nitrogens with one attached hydrogen (secondary N) is 1. The molecule has 31 heavy (non-hydrogen) atoms. The molecule has 0 bridgehead atoms. The maximum Gasteiger partial charge on any atom is 0.586 e. The van der Waals surface area contributed by atoms with E-state index >= 15 is 0 Å². The Labute approximate surface area is 180 Å². The normalized spacial score (nSPS) is 13.8. The van der Waals surface area contributed by atoms with Crippen LogP contribution in [0.15, 0.2) is 36.5 Å². The van der Waals surface area contributed by atoms with Crippen molar-refractivity contribution in [3.63, 3.8) is 0 Å². The van der Waals surface area contributed by atoms with Gasteiger partial charge in [0, 0.05) is 44.0 Å². The molecule has 0 unspecified atom stereocenters. The first-order valence-corrected chi connectivity index (χ1v) is 9.52. The quantitative estimate of drug-likeness (QED) is 0.574. The number of ether oxygens (including phenoxy) is 2. The van der Waals surface area contributed by atoms with Crippen molar-refractivity contribution in [3.05, 3.63) is 41.7 Å². The lowest BCUT2D eigenvalue weighted by molar-refractivity contribution is -0.286. The van der Waals surface area contributed by atoms with Gasteiger partial charge in [0.25, 0.3) is 0 Å². The van der Waals surface area contributed by atoms with Crippen LogP contribution in [0, 0.1) is 0 Å². The van der Waals surface area contributed by atoms with Crippen molar-refractivity contribution < 1.29 is 23.0 Å². The monoisotopic (exact) mass is 450 g/mol. The van der Waals surface area contributed by atoms with E-state index in [2.05, 4.69) is 29.9 Å². The van der Waals surface area contributed by atoms with Gasteiger partial charge in [-0.2, -0.15) is 4.98 Å². The molecule has 1 amide bonds. The first kappa shape index (κ1) is 20.8. The Balaban J connectivity index is 1.61. The Morgan fingerprint density at radius 3 is 2.74 bits per heavy atom. The van der Waals surface area contributed by atoms with Gasteiger partial charge >= 0.3 is 6.29 Å². The second kappa shape index (κ2) is 7.99. The van der Waals surface area contributed by atoms with Crippen LogP contribution >= 0.6 is 11.6 Å². The zero-order valence-electron chi connectivity index (χ0n) is 16.5. The van der Waals surface area contributed by atoms with Gasteiger partial charge in [0.2, 0.25) is 11.9 Å². The summed E-state index contributed by atoms with van der Waals surface area (Å²) in [6.07, 6.45) is -1.96. The number of fused-ring (bicyclic) bond motifs is 1. The Morgan fingerprint density at radius 1 is 1.23 bits per heavy atom. The zero-order valence-corrected chi connectivity index (χ0v) is 17.2. The summed E-state index contributed by atoms with van der Waals surface area (Å²) < 4.78 is 36.9. The Hall–Kier alpha value is -3.47. The highest BCUT2D eigenvalue weighted by Crippen LogP contribution is 2.42. The van der Waals surface area contributed by atoms with Gasteiger partial charge in [-0.15, -0.1) is 13.9 Å². The minimum Gasteiger partial charge on any atom is -0.395 e. The molecule has 4 rings (SSSR count). The summed E-state index contributed by atoms with van der Waals surface area (Å²) in [5.74, 6) is 0.424. The van der Waals surface area contributed by atoms with E-state index in [4.69, 9.17) is 11.6 Å². The number of benzene rings is 1. The molecule has 1 aliphatic rings. The lowest BCUT2D eigenvalue weighted by atomic mass is 10.2. The lowest BCUT2D eigenvalue weighted by Crippen LogP contribution is -2.25. The SMILES string of the molecule is CN(C)C(=O)CCn1nc(Nc2ccc3c(c2)OC(F)(F)O3)nc1-c1ccnc(Cl)c1.